The van der Waals surface area contributed by atoms with Gasteiger partial charge in [-0.2, -0.15) is 0 Å². The maximum atomic E-state index is 11.8. The fourth-order valence-corrected chi connectivity index (χ4v) is 3.06. The maximum Gasteiger partial charge on any atom is 0.319 e. The third-order valence-electron chi connectivity index (χ3n) is 4.16. The van der Waals surface area contributed by atoms with Gasteiger partial charge < -0.3 is 14.7 Å². The highest BCUT2D eigenvalue weighted by Gasteiger charge is 2.46. The van der Waals surface area contributed by atoms with Crippen LogP contribution in [-0.4, -0.2) is 67.5 Å². The van der Waals surface area contributed by atoms with Gasteiger partial charge in [0.2, 0.25) is 0 Å². The minimum absolute atomic E-state index is 0.173. The fraction of sp³-hybridized carbons (Fsp3) is 0.923. The molecule has 0 radical (unpaired) electrons. The molecule has 0 aromatic heterocycles. The van der Waals surface area contributed by atoms with Crippen LogP contribution in [0.4, 0.5) is 4.79 Å². The summed E-state index contributed by atoms with van der Waals surface area (Å²) in [6.07, 6.45) is 3.78. The molecule has 0 saturated carbocycles. The molecule has 2 rings (SSSR count). The fourth-order valence-electron chi connectivity index (χ4n) is 3.06. The van der Waals surface area contributed by atoms with Gasteiger partial charge in [0.05, 0.1) is 0 Å². The van der Waals surface area contributed by atoms with Crippen LogP contribution in [0.25, 0.3) is 0 Å². The molecular formula is C13H25N3O. The normalized spacial score (nSPS) is 23.6. The minimum Gasteiger partial charge on any atom is -0.331 e. The van der Waals surface area contributed by atoms with E-state index in [1.54, 1.807) is 4.90 Å². The molecule has 2 saturated heterocycles. The molecule has 2 amide bonds. The summed E-state index contributed by atoms with van der Waals surface area (Å²) < 4.78 is 0. The van der Waals surface area contributed by atoms with Crippen molar-refractivity contribution in [3.8, 4) is 0 Å². The van der Waals surface area contributed by atoms with E-state index in [0.717, 1.165) is 13.1 Å². The molecule has 2 fully saturated rings. The predicted molar refractivity (Wildman–Crippen MR) is 69.1 cm³/mol. The van der Waals surface area contributed by atoms with E-state index in [4.69, 9.17) is 0 Å². The first-order valence-electron chi connectivity index (χ1n) is 6.75. The summed E-state index contributed by atoms with van der Waals surface area (Å²) in [5.74, 6) is 0. The van der Waals surface area contributed by atoms with Crippen molar-refractivity contribution in [3.63, 3.8) is 0 Å². The second kappa shape index (κ2) is 4.84. The molecule has 0 aliphatic carbocycles. The van der Waals surface area contributed by atoms with E-state index in [1.807, 2.05) is 19.0 Å². The molecule has 0 unspecified atom stereocenters. The largest absolute Gasteiger partial charge is 0.331 e. The molecule has 0 aromatic carbocycles. The van der Waals surface area contributed by atoms with Crippen LogP contribution in [0.5, 0.6) is 0 Å². The molecule has 4 nitrogen and oxygen atoms in total. The third kappa shape index (κ3) is 2.57. The summed E-state index contributed by atoms with van der Waals surface area (Å²) in [7, 11) is 3.66. The average molecular weight is 239 g/mol. The van der Waals surface area contributed by atoms with Gasteiger partial charge in [0, 0.05) is 32.6 Å². The molecule has 0 aromatic rings. The van der Waals surface area contributed by atoms with Crippen LogP contribution in [0.1, 0.15) is 26.2 Å². The molecule has 98 valence electrons. The van der Waals surface area contributed by atoms with E-state index in [2.05, 4.69) is 11.8 Å². The Bertz CT molecular complexity index is 274. The van der Waals surface area contributed by atoms with Crippen molar-refractivity contribution < 1.29 is 4.79 Å². The monoisotopic (exact) mass is 239 g/mol. The van der Waals surface area contributed by atoms with Gasteiger partial charge in [0.15, 0.2) is 0 Å². The van der Waals surface area contributed by atoms with Crippen LogP contribution in [0, 0.1) is 5.41 Å². The van der Waals surface area contributed by atoms with Crippen molar-refractivity contribution in [1.29, 1.82) is 0 Å². The van der Waals surface area contributed by atoms with Gasteiger partial charge in [-0.1, -0.05) is 6.92 Å². The van der Waals surface area contributed by atoms with E-state index < -0.39 is 0 Å². The van der Waals surface area contributed by atoms with Crippen LogP contribution >= 0.6 is 0 Å². The minimum atomic E-state index is 0.173. The van der Waals surface area contributed by atoms with Gasteiger partial charge in [-0.25, -0.2) is 4.79 Å². The number of hydrogen-bond acceptors (Lipinski definition) is 2. The Morgan fingerprint density at radius 3 is 2.29 bits per heavy atom. The SMILES string of the molecule is CCCN1CCC2(CC1)CN(C(=O)N(C)C)C2. The first kappa shape index (κ1) is 12.7. The highest BCUT2D eigenvalue weighted by atomic mass is 16.2. The number of likely N-dealkylation sites (tertiary alicyclic amines) is 2. The summed E-state index contributed by atoms with van der Waals surface area (Å²) in [5.41, 5.74) is 0.454. The second-order valence-electron chi connectivity index (χ2n) is 5.87. The molecular weight excluding hydrogens is 214 g/mol. The van der Waals surface area contributed by atoms with Crippen molar-refractivity contribution in [2.75, 3.05) is 46.8 Å². The Kier molecular flexibility index (Phi) is 3.61. The van der Waals surface area contributed by atoms with Crippen LogP contribution < -0.4 is 0 Å². The Hall–Kier alpha value is -0.770. The van der Waals surface area contributed by atoms with Crippen molar-refractivity contribution >= 4 is 6.03 Å². The number of hydrogen-bond donors (Lipinski definition) is 0. The van der Waals surface area contributed by atoms with Crippen LogP contribution in [-0.2, 0) is 0 Å². The quantitative estimate of drug-likeness (QED) is 0.729. The van der Waals surface area contributed by atoms with Gasteiger partial charge >= 0.3 is 6.03 Å². The molecule has 2 heterocycles. The number of piperidine rings is 1. The molecule has 0 N–H and O–H groups in total. The van der Waals surface area contributed by atoms with Crippen molar-refractivity contribution in [2.45, 2.75) is 26.2 Å². The molecule has 2 aliphatic heterocycles. The van der Waals surface area contributed by atoms with E-state index in [0.29, 0.717) is 5.41 Å². The van der Waals surface area contributed by atoms with Crippen LogP contribution in [0.2, 0.25) is 0 Å². The molecule has 0 atom stereocenters. The van der Waals surface area contributed by atoms with Crippen LogP contribution in [0.3, 0.4) is 0 Å². The number of rotatable bonds is 2. The highest BCUT2D eigenvalue weighted by molar-refractivity contribution is 5.74. The summed E-state index contributed by atoms with van der Waals surface area (Å²) in [5, 5.41) is 0. The van der Waals surface area contributed by atoms with Crippen molar-refractivity contribution in [3.05, 3.63) is 0 Å². The number of carbonyl (C=O) groups excluding carboxylic acids is 1. The average Bonchev–Trinajstić information content (AvgIpc) is 2.26. The van der Waals surface area contributed by atoms with Crippen molar-refractivity contribution in [2.24, 2.45) is 5.41 Å². The first-order chi connectivity index (χ1) is 8.06. The lowest BCUT2D eigenvalue weighted by Crippen LogP contribution is -2.63. The smallest absolute Gasteiger partial charge is 0.319 e. The third-order valence-corrected chi connectivity index (χ3v) is 4.16. The van der Waals surface area contributed by atoms with Gasteiger partial charge in [-0.3, -0.25) is 0 Å². The second-order valence-corrected chi connectivity index (χ2v) is 5.87. The Morgan fingerprint density at radius 2 is 1.82 bits per heavy atom. The van der Waals surface area contributed by atoms with E-state index in [1.165, 1.54) is 38.9 Å². The van der Waals surface area contributed by atoms with E-state index in [9.17, 15) is 4.79 Å². The van der Waals surface area contributed by atoms with Crippen molar-refractivity contribution in [1.82, 2.24) is 14.7 Å². The topological polar surface area (TPSA) is 26.8 Å². The summed E-state index contributed by atoms with van der Waals surface area (Å²) in [4.78, 5) is 18.0. The highest BCUT2D eigenvalue weighted by Crippen LogP contribution is 2.40. The van der Waals surface area contributed by atoms with E-state index >= 15 is 0 Å². The lowest BCUT2D eigenvalue weighted by molar-refractivity contribution is -0.0269. The van der Waals surface area contributed by atoms with Gasteiger partial charge in [-0.05, 0) is 38.9 Å². The maximum absolute atomic E-state index is 11.8. The Balaban J connectivity index is 1.77. The first-order valence-corrected chi connectivity index (χ1v) is 6.75. The van der Waals surface area contributed by atoms with Gasteiger partial charge in [-0.15, -0.1) is 0 Å². The molecule has 4 heteroatoms. The lowest BCUT2D eigenvalue weighted by atomic mass is 9.72. The zero-order valence-corrected chi connectivity index (χ0v) is 11.4. The van der Waals surface area contributed by atoms with E-state index in [-0.39, 0.29) is 6.03 Å². The zero-order chi connectivity index (χ0) is 12.5. The van der Waals surface area contributed by atoms with Gasteiger partial charge in [0.25, 0.3) is 0 Å². The molecule has 0 bridgehead atoms. The van der Waals surface area contributed by atoms with Crippen LogP contribution in [0.15, 0.2) is 0 Å². The predicted octanol–water partition coefficient (Wildman–Crippen LogP) is 1.48. The van der Waals surface area contributed by atoms with Gasteiger partial charge in [0.1, 0.15) is 0 Å². The number of carbonyl (C=O) groups is 1. The standard InChI is InChI=1S/C13H25N3O/c1-4-7-15-8-5-13(6-9-15)10-16(11-13)12(17)14(2)3/h4-11H2,1-3H3. The Morgan fingerprint density at radius 1 is 1.24 bits per heavy atom. The zero-order valence-electron chi connectivity index (χ0n) is 11.4. The molecule has 1 spiro atoms. The summed E-state index contributed by atoms with van der Waals surface area (Å²) >= 11 is 0. The molecule has 2 aliphatic rings. The molecule has 17 heavy (non-hydrogen) atoms. The number of urea groups is 1. The number of nitrogens with zero attached hydrogens (tertiary/aromatic N) is 3. The lowest BCUT2D eigenvalue weighted by Gasteiger charge is -2.54. The number of amides is 2. The Labute approximate surface area is 105 Å². The summed E-state index contributed by atoms with van der Waals surface area (Å²) in [6, 6.07) is 0.173. The summed E-state index contributed by atoms with van der Waals surface area (Å²) in [6.45, 7) is 7.87.